The number of hydrogen-bond acceptors (Lipinski definition) is 2. The average molecular weight is 153 g/mol. The molecule has 1 fully saturated rings. The van der Waals surface area contributed by atoms with E-state index in [4.69, 9.17) is 0 Å². The molecule has 11 heavy (non-hydrogen) atoms. The standard InChI is InChI=1S/C9H15NO/c1-3-4-5-6-10-7-9(2,11)8-10/h11H,5-8H2,1-2H3. The minimum atomic E-state index is -0.431. The van der Waals surface area contributed by atoms with Crippen LogP contribution in [0.4, 0.5) is 0 Å². The van der Waals surface area contributed by atoms with Gasteiger partial charge in [0.1, 0.15) is 0 Å². The number of aliphatic hydroxyl groups is 1. The normalized spacial score (nSPS) is 21.7. The minimum absolute atomic E-state index is 0.431. The monoisotopic (exact) mass is 153 g/mol. The molecule has 1 aliphatic heterocycles. The molecule has 0 aromatic carbocycles. The van der Waals surface area contributed by atoms with E-state index in [1.54, 1.807) is 0 Å². The van der Waals surface area contributed by atoms with Crippen molar-refractivity contribution in [2.24, 2.45) is 0 Å². The van der Waals surface area contributed by atoms with Crippen LogP contribution in [0.2, 0.25) is 0 Å². The van der Waals surface area contributed by atoms with Gasteiger partial charge in [-0.2, -0.15) is 0 Å². The minimum Gasteiger partial charge on any atom is -0.388 e. The van der Waals surface area contributed by atoms with Crippen LogP contribution in [0.1, 0.15) is 20.3 Å². The zero-order valence-electron chi connectivity index (χ0n) is 7.22. The first kappa shape index (κ1) is 8.58. The van der Waals surface area contributed by atoms with Crippen LogP contribution in [-0.2, 0) is 0 Å². The molecule has 0 saturated carbocycles. The number of β-amino-alcohol motifs (C(OH)–C–C–N with tert-alkyl or cyclic N) is 1. The summed E-state index contributed by atoms with van der Waals surface area (Å²) in [5.74, 6) is 5.85. The molecule has 0 amide bonds. The largest absolute Gasteiger partial charge is 0.388 e. The number of hydrogen-bond donors (Lipinski definition) is 1. The molecule has 0 aromatic rings. The Labute approximate surface area is 68.2 Å². The third kappa shape index (κ3) is 2.53. The van der Waals surface area contributed by atoms with Gasteiger partial charge in [-0.05, 0) is 13.8 Å². The van der Waals surface area contributed by atoms with Crippen molar-refractivity contribution >= 4 is 0 Å². The molecule has 0 aliphatic carbocycles. The third-order valence-corrected chi connectivity index (χ3v) is 1.86. The fourth-order valence-electron chi connectivity index (χ4n) is 1.41. The van der Waals surface area contributed by atoms with Gasteiger partial charge in [0.15, 0.2) is 0 Å². The summed E-state index contributed by atoms with van der Waals surface area (Å²) in [5, 5.41) is 9.36. The maximum Gasteiger partial charge on any atom is 0.0872 e. The summed E-state index contributed by atoms with van der Waals surface area (Å²) in [6.45, 7) is 6.33. The van der Waals surface area contributed by atoms with E-state index in [1.165, 1.54) is 0 Å². The predicted octanol–water partition coefficient (Wildman–Crippen LogP) is 0.466. The number of nitrogens with zero attached hydrogens (tertiary/aromatic N) is 1. The Morgan fingerprint density at radius 2 is 2.18 bits per heavy atom. The molecule has 0 bridgehead atoms. The first-order valence-corrected chi connectivity index (χ1v) is 3.98. The second-order valence-corrected chi connectivity index (χ2v) is 3.38. The first-order valence-electron chi connectivity index (χ1n) is 3.98. The summed E-state index contributed by atoms with van der Waals surface area (Å²) >= 11 is 0. The summed E-state index contributed by atoms with van der Waals surface area (Å²) in [4.78, 5) is 2.21. The molecule has 0 spiro atoms. The highest BCUT2D eigenvalue weighted by molar-refractivity contribution is 4.98. The van der Waals surface area contributed by atoms with Crippen LogP contribution in [0.3, 0.4) is 0 Å². The van der Waals surface area contributed by atoms with Crippen LogP contribution in [0.15, 0.2) is 0 Å². The maximum absolute atomic E-state index is 9.36. The van der Waals surface area contributed by atoms with Crippen LogP contribution < -0.4 is 0 Å². The SMILES string of the molecule is CC#CCCN1CC(C)(O)C1. The van der Waals surface area contributed by atoms with Gasteiger partial charge in [-0.25, -0.2) is 0 Å². The summed E-state index contributed by atoms with van der Waals surface area (Å²) in [7, 11) is 0. The predicted molar refractivity (Wildman–Crippen MR) is 45.1 cm³/mol. The van der Waals surface area contributed by atoms with Crippen molar-refractivity contribution in [2.75, 3.05) is 19.6 Å². The van der Waals surface area contributed by atoms with E-state index in [0.717, 1.165) is 26.1 Å². The molecule has 1 aliphatic rings. The molecule has 1 saturated heterocycles. The Morgan fingerprint density at radius 1 is 1.55 bits per heavy atom. The lowest BCUT2D eigenvalue weighted by atomic mass is 9.97. The van der Waals surface area contributed by atoms with Crippen LogP contribution in [0.5, 0.6) is 0 Å². The lowest BCUT2D eigenvalue weighted by Gasteiger charge is -2.44. The highest BCUT2D eigenvalue weighted by Crippen LogP contribution is 2.18. The van der Waals surface area contributed by atoms with Crippen LogP contribution in [0, 0.1) is 11.8 Å². The van der Waals surface area contributed by atoms with Crippen LogP contribution >= 0.6 is 0 Å². The molecule has 1 N–H and O–H groups in total. The van der Waals surface area contributed by atoms with E-state index in [-0.39, 0.29) is 0 Å². The fourth-order valence-corrected chi connectivity index (χ4v) is 1.41. The smallest absolute Gasteiger partial charge is 0.0872 e. The highest BCUT2D eigenvalue weighted by Gasteiger charge is 2.35. The van der Waals surface area contributed by atoms with Crippen LogP contribution in [-0.4, -0.2) is 35.2 Å². The Morgan fingerprint density at radius 3 is 2.64 bits per heavy atom. The molecular weight excluding hydrogens is 138 g/mol. The lowest BCUT2D eigenvalue weighted by Crippen LogP contribution is -2.59. The van der Waals surface area contributed by atoms with Gasteiger partial charge in [-0.15, -0.1) is 11.8 Å². The van der Waals surface area contributed by atoms with Gasteiger partial charge in [0.25, 0.3) is 0 Å². The van der Waals surface area contributed by atoms with Crippen molar-refractivity contribution in [3.05, 3.63) is 0 Å². The molecule has 2 nitrogen and oxygen atoms in total. The van der Waals surface area contributed by atoms with Gasteiger partial charge in [0.2, 0.25) is 0 Å². The number of likely N-dealkylation sites (tertiary alicyclic amines) is 1. The van der Waals surface area contributed by atoms with Crippen molar-refractivity contribution in [1.29, 1.82) is 0 Å². The molecule has 0 atom stereocenters. The van der Waals surface area contributed by atoms with Crippen molar-refractivity contribution in [3.63, 3.8) is 0 Å². The number of rotatable bonds is 2. The van der Waals surface area contributed by atoms with Gasteiger partial charge in [-0.3, -0.25) is 4.90 Å². The van der Waals surface area contributed by atoms with E-state index in [0.29, 0.717) is 0 Å². The van der Waals surface area contributed by atoms with Gasteiger partial charge in [0.05, 0.1) is 5.60 Å². The average Bonchev–Trinajstić information content (AvgIpc) is 1.84. The Bertz CT molecular complexity index is 179. The topological polar surface area (TPSA) is 23.5 Å². The van der Waals surface area contributed by atoms with Crippen molar-refractivity contribution in [3.8, 4) is 11.8 Å². The van der Waals surface area contributed by atoms with Crippen molar-refractivity contribution in [1.82, 2.24) is 4.90 Å². The summed E-state index contributed by atoms with van der Waals surface area (Å²) < 4.78 is 0. The van der Waals surface area contributed by atoms with E-state index in [1.807, 2.05) is 13.8 Å². The lowest BCUT2D eigenvalue weighted by molar-refractivity contribution is -0.0819. The third-order valence-electron chi connectivity index (χ3n) is 1.86. The molecule has 2 heteroatoms. The molecule has 62 valence electrons. The summed E-state index contributed by atoms with van der Waals surface area (Å²) in [6.07, 6.45) is 0.923. The summed E-state index contributed by atoms with van der Waals surface area (Å²) in [6, 6.07) is 0. The first-order chi connectivity index (χ1) is 5.14. The second-order valence-electron chi connectivity index (χ2n) is 3.38. The Hall–Kier alpha value is -0.520. The van der Waals surface area contributed by atoms with Gasteiger partial charge in [-0.1, -0.05) is 0 Å². The molecule has 1 heterocycles. The molecule has 0 radical (unpaired) electrons. The van der Waals surface area contributed by atoms with Crippen LogP contribution in [0.25, 0.3) is 0 Å². The zero-order valence-corrected chi connectivity index (χ0v) is 7.22. The fraction of sp³-hybridized carbons (Fsp3) is 0.778. The maximum atomic E-state index is 9.36. The quantitative estimate of drug-likeness (QED) is 0.583. The second kappa shape index (κ2) is 3.25. The van der Waals surface area contributed by atoms with E-state index >= 15 is 0 Å². The Balaban J connectivity index is 2.08. The Kier molecular flexibility index (Phi) is 2.53. The van der Waals surface area contributed by atoms with Gasteiger partial charge >= 0.3 is 0 Å². The molecular formula is C9H15NO. The van der Waals surface area contributed by atoms with E-state index in [2.05, 4.69) is 16.7 Å². The van der Waals surface area contributed by atoms with Gasteiger partial charge < -0.3 is 5.11 Å². The zero-order chi connectivity index (χ0) is 8.32. The highest BCUT2D eigenvalue weighted by atomic mass is 16.3. The molecule has 1 rings (SSSR count). The van der Waals surface area contributed by atoms with E-state index in [9.17, 15) is 5.11 Å². The molecule has 0 aromatic heterocycles. The molecule has 0 unspecified atom stereocenters. The van der Waals surface area contributed by atoms with Gasteiger partial charge in [0, 0.05) is 26.1 Å². The van der Waals surface area contributed by atoms with Crippen molar-refractivity contribution in [2.45, 2.75) is 25.9 Å². The van der Waals surface area contributed by atoms with Crippen molar-refractivity contribution < 1.29 is 5.11 Å². The van der Waals surface area contributed by atoms with E-state index < -0.39 is 5.60 Å². The summed E-state index contributed by atoms with van der Waals surface area (Å²) in [5.41, 5.74) is -0.431.